The first-order chi connectivity index (χ1) is 8.25. The summed E-state index contributed by atoms with van der Waals surface area (Å²) in [6, 6.07) is 0. The van der Waals surface area contributed by atoms with Crippen LogP contribution in [0.5, 0.6) is 0 Å². The topological polar surface area (TPSA) is 64.4 Å². The monoisotopic (exact) mass is 268 g/mol. The number of nitrogens with one attached hydrogen (secondary N) is 1. The van der Waals surface area contributed by atoms with Crippen LogP contribution in [0.25, 0.3) is 0 Å². The summed E-state index contributed by atoms with van der Waals surface area (Å²) in [7, 11) is 0. The van der Waals surface area contributed by atoms with E-state index >= 15 is 0 Å². The van der Waals surface area contributed by atoms with Crippen LogP contribution in [-0.4, -0.2) is 36.9 Å². The number of hydrogen-bond acceptors (Lipinski definition) is 3. The van der Waals surface area contributed by atoms with E-state index in [-0.39, 0.29) is 19.3 Å². The molecule has 1 amide bonds. The van der Waals surface area contributed by atoms with E-state index in [0.29, 0.717) is 6.92 Å². The van der Waals surface area contributed by atoms with Gasteiger partial charge in [0.05, 0.1) is 12.7 Å². The van der Waals surface area contributed by atoms with Crippen LogP contribution in [0.2, 0.25) is 0 Å². The van der Waals surface area contributed by atoms with Gasteiger partial charge in [0.25, 0.3) is 0 Å². The third kappa shape index (κ3) is 3.84. The summed E-state index contributed by atoms with van der Waals surface area (Å²) in [6.07, 6.45) is -0.397. The van der Waals surface area contributed by atoms with E-state index < -0.39 is 17.6 Å². The largest absolute Gasteiger partial charge is 0.415 e. The first-order valence-corrected chi connectivity index (χ1v) is 6.00. The standard InChI is InChI=1S/C11H19F3N2O2/c1-10(15,11(12,13)14)9(17)16-6-7-18-8-4-2-3-5-8/h8H,2-7,15H2,1H3,(H,16,17). The fourth-order valence-electron chi connectivity index (χ4n) is 1.76. The van der Waals surface area contributed by atoms with Crippen LogP contribution in [0.15, 0.2) is 0 Å². The summed E-state index contributed by atoms with van der Waals surface area (Å²) in [5, 5.41) is 2.14. The highest BCUT2D eigenvalue weighted by Gasteiger charge is 2.53. The molecule has 18 heavy (non-hydrogen) atoms. The predicted molar refractivity (Wildman–Crippen MR) is 59.9 cm³/mol. The third-order valence-corrected chi connectivity index (χ3v) is 3.10. The molecule has 0 saturated heterocycles. The van der Waals surface area contributed by atoms with Gasteiger partial charge in [-0.15, -0.1) is 0 Å². The van der Waals surface area contributed by atoms with E-state index in [4.69, 9.17) is 10.5 Å². The molecule has 1 saturated carbocycles. The molecule has 1 atom stereocenters. The summed E-state index contributed by atoms with van der Waals surface area (Å²) in [4.78, 5) is 11.3. The minimum atomic E-state index is -4.76. The van der Waals surface area contributed by atoms with E-state index in [1.165, 1.54) is 0 Å². The summed E-state index contributed by atoms with van der Waals surface area (Å²) < 4.78 is 42.7. The minimum absolute atomic E-state index is 0.0399. The molecule has 0 aromatic heterocycles. The van der Waals surface area contributed by atoms with Crippen molar-refractivity contribution in [3.05, 3.63) is 0 Å². The molecule has 4 nitrogen and oxygen atoms in total. The fourth-order valence-corrected chi connectivity index (χ4v) is 1.76. The smallest absolute Gasteiger partial charge is 0.376 e. The number of carbonyl (C=O) groups excluding carboxylic acids is 1. The van der Waals surface area contributed by atoms with Crippen LogP contribution in [0.1, 0.15) is 32.6 Å². The molecule has 0 bridgehead atoms. The maximum Gasteiger partial charge on any atom is 0.415 e. The van der Waals surface area contributed by atoms with Crippen LogP contribution >= 0.6 is 0 Å². The molecular formula is C11H19F3N2O2. The highest BCUT2D eigenvalue weighted by Crippen LogP contribution is 2.27. The summed E-state index contributed by atoms with van der Waals surface area (Å²) >= 11 is 0. The number of nitrogens with two attached hydrogens (primary N) is 1. The average molecular weight is 268 g/mol. The second kappa shape index (κ2) is 5.88. The summed E-state index contributed by atoms with van der Waals surface area (Å²) in [6.45, 7) is 0.905. The van der Waals surface area contributed by atoms with Crippen molar-refractivity contribution in [1.82, 2.24) is 5.32 Å². The second-order valence-electron chi connectivity index (χ2n) is 4.73. The molecule has 1 aliphatic rings. The van der Waals surface area contributed by atoms with Gasteiger partial charge >= 0.3 is 6.18 Å². The minimum Gasteiger partial charge on any atom is -0.376 e. The lowest BCUT2D eigenvalue weighted by atomic mass is 10.0. The van der Waals surface area contributed by atoms with Crippen LogP contribution in [0, 0.1) is 0 Å². The van der Waals surface area contributed by atoms with E-state index in [0.717, 1.165) is 25.7 Å². The van der Waals surface area contributed by atoms with Gasteiger partial charge in [0, 0.05) is 6.54 Å². The zero-order valence-electron chi connectivity index (χ0n) is 10.3. The Hall–Kier alpha value is -0.820. The number of alkyl halides is 3. The lowest BCUT2D eigenvalue weighted by molar-refractivity contribution is -0.187. The van der Waals surface area contributed by atoms with E-state index in [9.17, 15) is 18.0 Å². The zero-order chi connectivity index (χ0) is 13.8. The Kier molecular flexibility index (Phi) is 4.98. The van der Waals surface area contributed by atoms with Gasteiger partial charge in [-0.1, -0.05) is 12.8 Å². The fraction of sp³-hybridized carbons (Fsp3) is 0.909. The Morgan fingerprint density at radius 1 is 1.39 bits per heavy atom. The lowest BCUT2D eigenvalue weighted by Crippen LogP contribution is -2.61. The molecular weight excluding hydrogens is 249 g/mol. The van der Waals surface area contributed by atoms with Crippen LogP contribution < -0.4 is 11.1 Å². The highest BCUT2D eigenvalue weighted by molar-refractivity contribution is 5.86. The molecule has 0 aliphatic heterocycles. The Morgan fingerprint density at radius 3 is 2.44 bits per heavy atom. The molecule has 106 valence electrons. The number of halogens is 3. The highest BCUT2D eigenvalue weighted by atomic mass is 19.4. The van der Waals surface area contributed by atoms with Crippen molar-refractivity contribution in [2.45, 2.75) is 50.4 Å². The molecule has 7 heteroatoms. The van der Waals surface area contributed by atoms with Crippen LogP contribution in [-0.2, 0) is 9.53 Å². The van der Waals surface area contributed by atoms with Crippen molar-refractivity contribution in [3.63, 3.8) is 0 Å². The Balaban J connectivity index is 2.24. The number of amides is 1. The quantitative estimate of drug-likeness (QED) is 0.740. The predicted octanol–water partition coefficient (Wildman–Crippen LogP) is 1.34. The van der Waals surface area contributed by atoms with Gasteiger partial charge in [0.15, 0.2) is 5.54 Å². The van der Waals surface area contributed by atoms with Crippen molar-refractivity contribution < 1.29 is 22.7 Å². The summed E-state index contributed by atoms with van der Waals surface area (Å²) in [5.41, 5.74) is 2.10. The zero-order valence-corrected chi connectivity index (χ0v) is 10.3. The SMILES string of the molecule is CC(N)(C(=O)NCCOC1CCCC1)C(F)(F)F. The first kappa shape index (κ1) is 15.2. The van der Waals surface area contributed by atoms with Crippen LogP contribution in [0.4, 0.5) is 13.2 Å². The van der Waals surface area contributed by atoms with Crippen molar-refractivity contribution in [3.8, 4) is 0 Å². The maximum absolute atomic E-state index is 12.4. The summed E-state index contributed by atoms with van der Waals surface area (Å²) in [5.74, 6) is -1.23. The first-order valence-electron chi connectivity index (χ1n) is 6.00. The molecule has 0 aromatic carbocycles. The van der Waals surface area contributed by atoms with Gasteiger partial charge in [0.2, 0.25) is 5.91 Å². The molecule has 0 spiro atoms. The van der Waals surface area contributed by atoms with Gasteiger partial charge < -0.3 is 15.8 Å². The number of carbonyl (C=O) groups is 1. The molecule has 1 fully saturated rings. The number of rotatable bonds is 5. The number of hydrogen-bond donors (Lipinski definition) is 2. The molecule has 1 aliphatic carbocycles. The van der Waals surface area contributed by atoms with Gasteiger partial charge in [-0.2, -0.15) is 13.2 Å². The Bertz CT molecular complexity index is 287. The van der Waals surface area contributed by atoms with Crippen molar-refractivity contribution in [2.75, 3.05) is 13.2 Å². The van der Waals surface area contributed by atoms with E-state index in [1.54, 1.807) is 0 Å². The normalized spacial score (nSPS) is 20.7. The third-order valence-electron chi connectivity index (χ3n) is 3.10. The molecule has 1 unspecified atom stereocenters. The van der Waals surface area contributed by atoms with Gasteiger partial charge in [-0.25, -0.2) is 0 Å². The molecule has 0 radical (unpaired) electrons. The van der Waals surface area contributed by atoms with E-state index in [1.807, 2.05) is 0 Å². The Morgan fingerprint density at radius 2 is 1.94 bits per heavy atom. The van der Waals surface area contributed by atoms with E-state index in [2.05, 4.69) is 5.32 Å². The second-order valence-corrected chi connectivity index (χ2v) is 4.73. The molecule has 3 N–H and O–H groups in total. The van der Waals surface area contributed by atoms with Gasteiger partial charge in [-0.3, -0.25) is 4.79 Å². The molecule has 0 aromatic rings. The van der Waals surface area contributed by atoms with Crippen molar-refractivity contribution >= 4 is 5.91 Å². The van der Waals surface area contributed by atoms with Gasteiger partial charge in [0.1, 0.15) is 0 Å². The van der Waals surface area contributed by atoms with Crippen molar-refractivity contribution in [2.24, 2.45) is 5.73 Å². The van der Waals surface area contributed by atoms with Crippen LogP contribution in [0.3, 0.4) is 0 Å². The van der Waals surface area contributed by atoms with Crippen molar-refractivity contribution in [1.29, 1.82) is 0 Å². The molecule has 0 heterocycles. The molecule has 1 rings (SSSR count). The average Bonchev–Trinajstić information content (AvgIpc) is 2.75. The Labute approximate surface area is 104 Å². The number of ether oxygens (including phenoxy) is 1. The van der Waals surface area contributed by atoms with Gasteiger partial charge in [-0.05, 0) is 19.8 Å². The maximum atomic E-state index is 12.4. The lowest BCUT2D eigenvalue weighted by Gasteiger charge is -2.26.